The Balaban J connectivity index is 1.93. The van der Waals surface area contributed by atoms with E-state index in [2.05, 4.69) is 16.2 Å². The van der Waals surface area contributed by atoms with Gasteiger partial charge in [0, 0.05) is 11.3 Å². The molecule has 2 amide bonds. The second-order valence-electron chi connectivity index (χ2n) is 6.15. The molecule has 0 aliphatic heterocycles. The summed E-state index contributed by atoms with van der Waals surface area (Å²) in [6.45, 7) is 4.63. The van der Waals surface area contributed by atoms with E-state index in [4.69, 9.17) is 25.8 Å². The minimum absolute atomic E-state index is 0.0264. The van der Waals surface area contributed by atoms with Crippen LogP contribution in [0, 0.1) is 0 Å². The van der Waals surface area contributed by atoms with E-state index in [1.807, 2.05) is 13.8 Å². The predicted octanol–water partition coefficient (Wildman–Crippen LogP) is 3.41. The van der Waals surface area contributed by atoms with Gasteiger partial charge in [0.2, 0.25) is 0 Å². The molecule has 2 aromatic carbocycles. The Morgan fingerprint density at radius 1 is 1.03 bits per heavy atom. The third-order valence-corrected chi connectivity index (χ3v) is 4.16. The predicted molar refractivity (Wildman–Crippen MR) is 115 cm³/mol. The van der Waals surface area contributed by atoms with E-state index in [1.54, 1.807) is 31.4 Å². The second kappa shape index (κ2) is 11.8. The third kappa shape index (κ3) is 6.73. The van der Waals surface area contributed by atoms with Gasteiger partial charge in [-0.05, 0) is 49.7 Å². The van der Waals surface area contributed by atoms with Crippen LogP contribution in [0.4, 0.5) is 5.69 Å². The molecule has 0 aliphatic rings. The zero-order valence-electron chi connectivity index (χ0n) is 17.2. The minimum atomic E-state index is -0.530. The Hall–Kier alpha value is -3.13. The summed E-state index contributed by atoms with van der Waals surface area (Å²) in [6, 6.07) is 10.1. The lowest BCUT2D eigenvalue weighted by Gasteiger charge is -2.15. The number of carbonyl (C=O) groups excluding carboxylic acids is 2. The average molecular weight is 436 g/mol. The van der Waals surface area contributed by atoms with Gasteiger partial charge in [-0.2, -0.15) is 0 Å². The topological polar surface area (TPSA) is 97.9 Å². The van der Waals surface area contributed by atoms with Gasteiger partial charge in [-0.3, -0.25) is 20.4 Å². The standard InChI is InChI=1S/C21H26ClN3O5/c1-4-10-30-20-17(22)11-14(12-18(20)29-5-2)21(27)25-24-19(26)13-23-15-6-8-16(28-3)9-7-15/h6-9,11-12,23H,4-5,10,13H2,1-3H3,(H,24,26)(H,25,27). The molecule has 9 heteroatoms. The zero-order valence-corrected chi connectivity index (χ0v) is 18.0. The van der Waals surface area contributed by atoms with Crippen molar-refractivity contribution in [2.45, 2.75) is 20.3 Å². The Kier molecular flexibility index (Phi) is 9.08. The number of nitrogens with one attached hydrogen (secondary N) is 3. The summed E-state index contributed by atoms with van der Waals surface area (Å²) in [4.78, 5) is 24.4. The number of ether oxygens (including phenoxy) is 3. The number of anilines is 1. The van der Waals surface area contributed by atoms with Gasteiger partial charge in [-0.15, -0.1) is 0 Å². The summed E-state index contributed by atoms with van der Waals surface area (Å²) in [6.07, 6.45) is 0.806. The number of carbonyl (C=O) groups is 2. The van der Waals surface area contributed by atoms with Gasteiger partial charge in [0.05, 0.1) is 31.9 Å². The Labute approximate surface area is 180 Å². The van der Waals surface area contributed by atoms with E-state index >= 15 is 0 Å². The molecule has 0 unspecified atom stereocenters. The third-order valence-electron chi connectivity index (χ3n) is 3.88. The molecular weight excluding hydrogens is 410 g/mol. The number of rotatable bonds is 10. The van der Waals surface area contributed by atoms with Crippen molar-refractivity contribution >= 4 is 29.1 Å². The number of amides is 2. The molecular formula is C21H26ClN3O5. The molecule has 2 rings (SSSR count). The summed E-state index contributed by atoms with van der Waals surface area (Å²) in [7, 11) is 1.58. The maximum Gasteiger partial charge on any atom is 0.269 e. The Bertz CT molecular complexity index is 858. The highest BCUT2D eigenvalue weighted by Crippen LogP contribution is 2.36. The first-order valence-corrected chi connectivity index (χ1v) is 9.92. The first kappa shape index (κ1) is 23.2. The van der Waals surface area contributed by atoms with Crippen molar-refractivity contribution in [3.05, 3.63) is 47.0 Å². The van der Waals surface area contributed by atoms with Crippen LogP contribution in [0.5, 0.6) is 17.2 Å². The summed E-state index contributed by atoms with van der Waals surface area (Å²) in [5.74, 6) is 0.532. The number of hydrazine groups is 1. The molecule has 0 fully saturated rings. The normalized spacial score (nSPS) is 10.1. The maximum atomic E-state index is 12.4. The van der Waals surface area contributed by atoms with E-state index < -0.39 is 11.8 Å². The van der Waals surface area contributed by atoms with Crippen molar-refractivity contribution in [3.63, 3.8) is 0 Å². The first-order valence-electron chi connectivity index (χ1n) is 9.54. The Morgan fingerprint density at radius 3 is 2.40 bits per heavy atom. The summed E-state index contributed by atoms with van der Waals surface area (Å²) in [5.41, 5.74) is 5.69. The Morgan fingerprint density at radius 2 is 1.77 bits per heavy atom. The maximum absolute atomic E-state index is 12.4. The van der Waals surface area contributed by atoms with E-state index in [9.17, 15) is 9.59 Å². The minimum Gasteiger partial charge on any atom is -0.497 e. The summed E-state index contributed by atoms with van der Waals surface area (Å²) >= 11 is 6.26. The van der Waals surface area contributed by atoms with Crippen molar-refractivity contribution in [1.82, 2.24) is 10.9 Å². The highest BCUT2D eigenvalue weighted by Gasteiger charge is 2.16. The molecule has 0 radical (unpaired) electrons. The molecule has 8 nitrogen and oxygen atoms in total. The fourth-order valence-corrected chi connectivity index (χ4v) is 2.71. The van der Waals surface area contributed by atoms with Crippen LogP contribution in [0.3, 0.4) is 0 Å². The number of hydrogen-bond donors (Lipinski definition) is 3. The van der Waals surface area contributed by atoms with Crippen LogP contribution in [-0.4, -0.2) is 38.7 Å². The number of methoxy groups -OCH3 is 1. The molecule has 0 heterocycles. The van der Waals surface area contributed by atoms with Crippen LogP contribution >= 0.6 is 11.6 Å². The van der Waals surface area contributed by atoms with E-state index in [0.29, 0.717) is 30.5 Å². The molecule has 0 saturated heterocycles. The van der Waals surface area contributed by atoms with Gasteiger partial charge in [0.15, 0.2) is 11.5 Å². The molecule has 0 spiro atoms. The zero-order chi connectivity index (χ0) is 21.9. The van der Waals surface area contributed by atoms with Gasteiger partial charge in [0.25, 0.3) is 11.8 Å². The SMILES string of the molecule is CCCOc1c(Cl)cc(C(=O)NNC(=O)CNc2ccc(OC)cc2)cc1OCC. The lowest BCUT2D eigenvalue weighted by Crippen LogP contribution is -2.44. The van der Waals surface area contributed by atoms with Crippen molar-refractivity contribution < 1.29 is 23.8 Å². The fourth-order valence-electron chi connectivity index (χ4n) is 2.44. The lowest BCUT2D eigenvalue weighted by molar-refractivity contribution is -0.120. The van der Waals surface area contributed by atoms with Crippen molar-refractivity contribution in [2.75, 3.05) is 32.2 Å². The molecule has 0 aliphatic carbocycles. The molecule has 0 atom stereocenters. The number of benzene rings is 2. The van der Waals surface area contributed by atoms with Gasteiger partial charge < -0.3 is 19.5 Å². The van der Waals surface area contributed by atoms with E-state index in [0.717, 1.165) is 12.1 Å². The molecule has 162 valence electrons. The monoisotopic (exact) mass is 435 g/mol. The average Bonchev–Trinajstić information content (AvgIpc) is 2.75. The van der Waals surface area contributed by atoms with Crippen molar-refractivity contribution in [3.8, 4) is 17.2 Å². The van der Waals surface area contributed by atoms with Crippen molar-refractivity contribution in [2.24, 2.45) is 0 Å². The van der Waals surface area contributed by atoms with E-state index in [1.165, 1.54) is 12.1 Å². The largest absolute Gasteiger partial charge is 0.497 e. The van der Waals surface area contributed by atoms with Gasteiger partial charge in [-0.25, -0.2) is 0 Å². The van der Waals surface area contributed by atoms with Gasteiger partial charge in [0.1, 0.15) is 5.75 Å². The van der Waals surface area contributed by atoms with E-state index in [-0.39, 0.29) is 17.1 Å². The molecule has 0 aromatic heterocycles. The van der Waals surface area contributed by atoms with Crippen LogP contribution in [0.15, 0.2) is 36.4 Å². The molecule has 0 bridgehead atoms. The van der Waals surface area contributed by atoms with Crippen LogP contribution in [-0.2, 0) is 4.79 Å². The quantitative estimate of drug-likeness (QED) is 0.495. The molecule has 2 aromatic rings. The number of halogens is 1. The highest BCUT2D eigenvalue weighted by atomic mass is 35.5. The van der Waals surface area contributed by atoms with Gasteiger partial charge in [-0.1, -0.05) is 18.5 Å². The van der Waals surface area contributed by atoms with Crippen LogP contribution in [0.1, 0.15) is 30.6 Å². The lowest BCUT2D eigenvalue weighted by atomic mass is 10.2. The van der Waals surface area contributed by atoms with Gasteiger partial charge >= 0.3 is 0 Å². The first-order chi connectivity index (χ1) is 14.5. The highest BCUT2D eigenvalue weighted by molar-refractivity contribution is 6.32. The van der Waals surface area contributed by atoms with Crippen molar-refractivity contribution in [1.29, 1.82) is 0 Å². The second-order valence-corrected chi connectivity index (χ2v) is 6.56. The number of hydrogen-bond acceptors (Lipinski definition) is 6. The van der Waals surface area contributed by atoms with Crippen LogP contribution in [0.2, 0.25) is 5.02 Å². The van der Waals surface area contributed by atoms with Crippen LogP contribution in [0.25, 0.3) is 0 Å². The smallest absolute Gasteiger partial charge is 0.269 e. The fraction of sp³-hybridized carbons (Fsp3) is 0.333. The summed E-state index contributed by atoms with van der Waals surface area (Å²) < 4.78 is 16.2. The summed E-state index contributed by atoms with van der Waals surface area (Å²) in [5, 5.41) is 3.20. The molecule has 3 N–H and O–H groups in total. The molecule has 0 saturated carbocycles. The molecule has 30 heavy (non-hydrogen) atoms. The van der Waals surface area contributed by atoms with Crippen LogP contribution < -0.4 is 30.4 Å².